The van der Waals surface area contributed by atoms with Crippen molar-refractivity contribution in [1.29, 1.82) is 0 Å². The van der Waals surface area contributed by atoms with Crippen LogP contribution in [0.4, 0.5) is 8.78 Å². The first-order valence-electron chi connectivity index (χ1n) is 9.13. The van der Waals surface area contributed by atoms with E-state index in [9.17, 15) is 4.39 Å². The van der Waals surface area contributed by atoms with Crippen LogP contribution < -0.4 is 16.0 Å². The Kier molecular flexibility index (Phi) is 5.87. The molecule has 2 aliphatic heterocycles. The van der Waals surface area contributed by atoms with Gasteiger partial charge in [-0.3, -0.25) is 4.99 Å². The summed E-state index contributed by atoms with van der Waals surface area (Å²) in [6.07, 6.45) is 1.54. The Hall–Kier alpha value is -2.12. The summed E-state index contributed by atoms with van der Waals surface area (Å²) < 4.78 is 29.8. The number of nitrogens with zero attached hydrogens (tertiary/aromatic N) is 3. The quantitative estimate of drug-likeness (QED) is 0.702. The predicted molar refractivity (Wildman–Crippen MR) is 107 cm³/mol. The minimum absolute atomic E-state index is 0.260. The summed E-state index contributed by atoms with van der Waals surface area (Å²) >= 11 is 0. The number of hydrogen-bond acceptors (Lipinski definition) is 4. The van der Waals surface area contributed by atoms with Crippen molar-refractivity contribution in [2.75, 3.05) is 21.1 Å². The van der Waals surface area contributed by atoms with E-state index in [1.165, 1.54) is 6.20 Å². The first-order valence-corrected chi connectivity index (χ1v) is 9.13. The zero-order valence-corrected chi connectivity index (χ0v) is 17.5. The molecule has 0 spiro atoms. The Labute approximate surface area is 160 Å². The lowest BCUT2D eigenvalue weighted by molar-refractivity contribution is 0.237. The van der Waals surface area contributed by atoms with Gasteiger partial charge >= 0.3 is 0 Å². The average molecular weight is 383 g/mol. The van der Waals surface area contributed by atoms with Crippen LogP contribution in [-0.2, 0) is 0 Å². The molecule has 0 aromatic carbocycles. The van der Waals surface area contributed by atoms with E-state index in [4.69, 9.17) is 0 Å². The van der Waals surface area contributed by atoms with Gasteiger partial charge in [-0.2, -0.15) is 0 Å². The standard InChI is InChI=1S/C19H32F2N6/c1-18(2,3)15-13(21)12(24-16(22-6)25-15)9-19(4,5)14-11(20)10-23-17(26-14)27(7)8/h10,14-15H,9H2,1-8H3,(H,23,26)(H2,22,24,25). The number of nitrogens with one attached hydrogen (secondary N) is 3. The molecule has 0 aliphatic carbocycles. The monoisotopic (exact) mass is 382 g/mol. The van der Waals surface area contributed by atoms with Crippen LogP contribution in [-0.4, -0.2) is 50.0 Å². The molecule has 8 heteroatoms. The molecule has 0 amide bonds. The molecular weight excluding hydrogens is 350 g/mol. The fourth-order valence-electron chi connectivity index (χ4n) is 3.26. The molecule has 0 bridgehead atoms. The number of aliphatic imine (C=N–C) groups is 2. The van der Waals surface area contributed by atoms with Crippen molar-refractivity contribution < 1.29 is 8.78 Å². The molecule has 0 aromatic heterocycles. The van der Waals surface area contributed by atoms with Crippen LogP contribution in [0.1, 0.15) is 41.0 Å². The van der Waals surface area contributed by atoms with E-state index >= 15 is 4.39 Å². The largest absolute Gasteiger partial charge is 0.349 e. The SMILES string of the molecule is CN=C1NC(CC(C)(C)C2NC(N(C)C)=NC=C2F)=C(F)C(C(C)(C)C)N1. The number of hydrogen-bond donors (Lipinski definition) is 3. The van der Waals surface area contributed by atoms with Gasteiger partial charge in [-0.05, 0) is 17.3 Å². The summed E-state index contributed by atoms with van der Waals surface area (Å²) in [7, 11) is 5.31. The van der Waals surface area contributed by atoms with Gasteiger partial charge in [-0.1, -0.05) is 34.6 Å². The molecule has 0 fully saturated rings. The summed E-state index contributed by atoms with van der Waals surface area (Å²) in [5, 5.41) is 9.26. The number of rotatable bonds is 3. The molecular formula is C19H32F2N6. The topological polar surface area (TPSA) is 64.0 Å². The molecule has 2 unspecified atom stereocenters. The second-order valence-electron chi connectivity index (χ2n) is 9.07. The highest BCUT2D eigenvalue weighted by Gasteiger charge is 2.41. The molecule has 0 aromatic rings. The van der Waals surface area contributed by atoms with Crippen molar-refractivity contribution >= 4 is 11.9 Å². The van der Waals surface area contributed by atoms with Crippen LogP contribution in [0.2, 0.25) is 0 Å². The lowest BCUT2D eigenvalue weighted by Gasteiger charge is -2.41. The molecule has 0 radical (unpaired) electrons. The Morgan fingerprint density at radius 3 is 2.26 bits per heavy atom. The molecule has 27 heavy (non-hydrogen) atoms. The van der Waals surface area contributed by atoms with Crippen LogP contribution in [0.5, 0.6) is 0 Å². The van der Waals surface area contributed by atoms with Crippen molar-refractivity contribution in [2.24, 2.45) is 20.8 Å². The maximum absolute atomic E-state index is 15.3. The number of halogens is 2. The Morgan fingerprint density at radius 2 is 1.74 bits per heavy atom. The first-order chi connectivity index (χ1) is 12.4. The Morgan fingerprint density at radius 1 is 1.11 bits per heavy atom. The minimum Gasteiger partial charge on any atom is -0.349 e. The van der Waals surface area contributed by atoms with Gasteiger partial charge in [0.15, 0.2) is 11.9 Å². The third-order valence-corrected chi connectivity index (χ3v) is 4.88. The normalized spacial score (nSPS) is 25.3. The summed E-state index contributed by atoms with van der Waals surface area (Å²) in [4.78, 5) is 10.0. The zero-order valence-electron chi connectivity index (χ0n) is 17.5. The summed E-state index contributed by atoms with van der Waals surface area (Å²) in [5.74, 6) is 0.470. The zero-order chi connectivity index (χ0) is 20.6. The van der Waals surface area contributed by atoms with Crippen LogP contribution in [0.25, 0.3) is 0 Å². The Bertz CT molecular complexity index is 697. The number of allylic oxidation sites excluding steroid dienone is 1. The van der Waals surface area contributed by atoms with Gasteiger partial charge in [-0.15, -0.1) is 0 Å². The molecule has 0 saturated heterocycles. The molecule has 2 rings (SSSR count). The van der Waals surface area contributed by atoms with Gasteiger partial charge in [0.1, 0.15) is 11.7 Å². The van der Waals surface area contributed by atoms with Crippen molar-refractivity contribution in [2.45, 2.75) is 53.1 Å². The van der Waals surface area contributed by atoms with Gasteiger partial charge in [0.25, 0.3) is 0 Å². The fourth-order valence-corrected chi connectivity index (χ4v) is 3.26. The Balaban J connectivity index is 2.32. The van der Waals surface area contributed by atoms with E-state index in [2.05, 4.69) is 25.9 Å². The van der Waals surface area contributed by atoms with Crippen LogP contribution in [0, 0.1) is 10.8 Å². The van der Waals surface area contributed by atoms with Crippen LogP contribution >= 0.6 is 0 Å². The summed E-state index contributed by atoms with van der Waals surface area (Å²) in [6.45, 7) is 9.73. The third kappa shape index (κ3) is 4.59. The number of guanidine groups is 2. The van der Waals surface area contributed by atoms with Crippen molar-refractivity contribution in [3.63, 3.8) is 0 Å². The molecule has 152 valence electrons. The van der Waals surface area contributed by atoms with E-state index in [1.807, 2.05) is 48.7 Å². The van der Waals surface area contributed by atoms with E-state index < -0.39 is 17.5 Å². The van der Waals surface area contributed by atoms with Crippen molar-refractivity contribution in [3.8, 4) is 0 Å². The van der Waals surface area contributed by atoms with E-state index in [0.29, 0.717) is 24.0 Å². The van der Waals surface area contributed by atoms with Gasteiger partial charge in [0, 0.05) is 21.1 Å². The molecule has 6 nitrogen and oxygen atoms in total. The highest BCUT2D eigenvalue weighted by molar-refractivity contribution is 5.84. The molecule has 2 heterocycles. The molecule has 0 saturated carbocycles. The van der Waals surface area contributed by atoms with E-state index in [1.54, 1.807) is 11.9 Å². The smallest absolute Gasteiger partial charge is 0.198 e. The van der Waals surface area contributed by atoms with Gasteiger partial charge in [0.2, 0.25) is 0 Å². The van der Waals surface area contributed by atoms with Gasteiger partial charge in [0.05, 0.1) is 24.0 Å². The molecule has 2 aliphatic rings. The summed E-state index contributed by atoms with van der Waals surface area (Å²) in [6, 6.07) is -1.11. The van der Waals surface area contributed by atoms with Crippen LogP contribution in [0.15, 0.2) is 33.5 Å². The van der Waals surface area contributed by atoms with E-state index in [0.717, 1.165) is 0 Å². The average Bonchev–Trinajstić information content (AvgIpc) is 2.55. The third-order valence-electron chi connectivity index (χ3n) is 4.88. The minimum atomic E-state index is -0.615. The fraction of sp³-hybridized carbons (Fsp3) is 0.684. The maximum atomic E-state index is 15.3. The molecule has 2 atom stereocenters. The lowest BCUT2D eigenvalue weighted by atomic mass is 9.77. The summed E-state index contributed by atoms with van der Waals surface area (Å²) in [5.41, 5.74) is -0.519. The molecule has 3 N–H and O–H groups in total. The lowest BCUT2D eigenvalue weighted by Crippen LogP contribution is -2.55. The maximum Gasteiger partial charge on any atom is 0.198 e. The first kappa shape index (κ1) is 21.2. The van der Waals surface area contributed by atoms with Crippen LogP contribution in [0.3, 0.4) is 0 Å². The van der Waals surface area contributed by atoms with Crippen molar-refractivity contribution in [1.82, 2.24) is 20.9 Å². The van der Waals surface area contributed by atoms with Gasteiger partial charge < -0.3 is 20.9 Å². The second-order valence-corrected chi connectivity index (χ2v) is 9.07. The highest BCUT2D eigenvalue weighted by Crippen LogP contribution is 2.38. The van der Waals surface area contributed by atoms with E-state index in [-0.39, 0.29) is 17.1 Å². The van der Waals surface area contributed by atoms with Gasteiger partial charge in [-0.25, -0.2) is 13.8 Å². The predicted octanol–water partition coefficient (Wildman–Crippen LogP) is 2.88. The van der Waals surface area contributed by atoms with Crippen molar-refractivity contribution in [3.05, 3.63) is 23.6 Å². The highest BCUT2D eigenvalue weighted by atomic mass is 19.1. The second kappa shape index (κ2) is 7.48.